The van der Waals surface area contributed by atoms with Gasteiger partial charge in [0.05, 0.1) is 25.2 Å². The Morgan fingerprint density at radius 1 is 1.33 bits per heavy atom. The summed E-state index contributed by atoms with van der Waals surface area (Å²) in [5, 5.41) is 0. The number of rotatable bonds is 5. The van der Waals surface area contributed by atoms with E-state index >= 15 is 0 Å². The highest BCUT2D eigenvalue weighted by Crippen LogP contribution is 2.34. The van der Waals surface area contributed by atoms with Gasteiger partial charge in [0.2, 0.25) is 0 Å². The van der Waals surface area contributed by atoms with Gasteiger partial charge in [0.15, 0.2) is 0 Å². The predicted octanol–water partition coefficient (Wildman–Crippen LogP) is 2.07. The third-order valence-electron chi connectivity index (χ3n) is 4.82. The Bertz CT molecular complexity index is 724. The molecule has 1 amide bonds. The lowest BCUT2D eigenvalue weighted by molar-refractivity contribution is 0.0666. The summed E-state index contributed by atoms with van der Waals surface area (Å²) in [5.41, 5.74) is 2.72. The number of amides is 1. The average molecular weight is 326 g/mol. The van der Waals surface area contributed by atoms with Crippen molar-refractivity contribution in [3.8, 4) is 0 Å². The summed E-state index contributed by atoms with van der Waals surface area (Å²) in [6.45, 7) is 2.82. The van der Waals surface area contributed by atoms with Crippen molar-refractivity contribution in [3.05, 3.63) is 47.8 Å². The lowest BCUT2D eigenvalue weighted by Gasteiger charge is -2.33. The second-order valence-corrected chi connectivity index (χ2v) is 6.73. The van der Waals surface area contributed by atoms with E-state index in [0.717, 1.165) is 18.2 Å². The van der Waals surface area contributed by atoms with Crippen LogP contribution >= 0.6 is 0 Å². The quantitative estimate of drug-likeness (QED) is 0.844. The number of fused-ring (bicyclic) bond motifs is 1. The van der Waals surface area contributed by atoms with Crippen molar-refractivity contribution >= 4 is 5.91 Å². The SMILES string of the molecule is COC[C@H]1CN(C(=O)c2ccccn2)Cc2ncn(CC3CC3)c21. The Hall–Kier alpha value is -2.21. The van der Waals surface area contributed by atoms with Crippen molar-refractivity contribution in [1.82, 2.24) is 19.4 Å². The molecule has 0 aromatic carbocycles. The Balaban J connectivity index is 1.60. The summed E-state index contributed by atoms with van der Waals surface area (Å²) in [4.78, 5) is 23.4. The van der Waals surface area contributed by atoms with E-state index < -0.39 is 0 Å². The summed E-state index contributed by atoms with van der Waals surface area (Å²) < 4.78 is 7.70. The lowest BCUT2D eigenvalue weighted by atomic mass is 9.98. The molecule has 0 bridgehead atoms. The molecule has 1 aliphatic carbocycles. The number of imidazole rings is 1. The number of hydrogen-bond donors (Lipinski definition) is 0. The zero-order valence-corrected chi connectivity index (χ0v) is 13.9. The molecule has 2 aliphatic rings. The Labute approximate surface area is 141 Å². The van der Waals surface area contributed by atoms with Gasteiger partial charge in [-0.1, -0.05) is 6.07 Å². The molecule has 0 spiro atoms. The molecule has 6 nitrogen and oxygen atoms in total. The minimum absolute atomic E-state index is 0.0425. The molecule has 0 radical (unpaired) electrons. The van der Waals surface area contributed by atoms with Gasteiger partial charge in [-0.2, -0.15) is 0 Å². The number of aromatic nitrogens is 3. The molecule has 1 aliphatic heterocycles. The first-order valence-electron chi connectivity index (χ1n) is 8.49. The summed E-state index contributed by atoms with van der Waals surface area (Å²) in [6, 6.07) is 5.42. The molecule has 6 heteroatoms. The van der Waals surface area contributed by atoms with Crippen LogP contribution in [0.2, 0.25) is 0 Å². The summed E-state index contributed by atoms with van der Waals surface area (Å²) >= 11 is 0. The van der Waals surface area contributed by atoms with Crippen LogP contribution in [0, 0.1) is 5.92 Å². The molecule has 1 fully saturated rings. The van der Waals surface area contributed by atoms with Gasteiger partial charge >= 0.3 is 0 Å². The van der Waals surface area contributed by atoms with E-state index in [9.17, 15) is 4.79 Å². The van der Waals surface area contributed by atoms with E-state index in [-0.39, 0.29) is 11.8 Å². The van der Waals surface area contributed by atoms with Gasteiger partial charge in [-0.3, -0.25) is 9.78 Å². The number of carbonyl (C=O) groups excluding carboxylic acids is 1. The van der Waals surface area contributed by atoms with Gasteiger partial charge < -0.3 is 14.2 Å². The molecule has 2 aromatic rings. The number of carbonyl (C=O) groups is 1. The van der Waals surface area contributed by atoms with Crippen LogP contribution in [0.4, 0.5) is 0 Å². The molecular weight excluding hydrogens is 304 g/mol. The molecule has 3 heterocycles. The number of ether oxygens (including phenoxy) is 1. The normalized spacial score (nSPS) is 20.0. The van der Waals surface area contributed by atoms with Gasteiger partial charge in [0, 0.05) is 38.0 Å². The first kappa shape index (κ1) is 15.3. The molecular formula is C18H22N4O2. The minimum Gasteiger partial charge on any atom is -0.384 e. The molecule has 24 heavy (non-hydrogen) atoms. The maximum absolute atomic E-state index is 12.7. The highest BCUT2D eigenvalue weighted by atomic mass is 16.5. The lowest BCUT2D eigenvalue weighted by Crippen LogP contribution is -2.40. The van der Waals surface area contributed by atoms with Gasteiger partial charge in [0.1, 0.15) is 5.69 Å². The Morgan fingerprint density at radius 2 is 2.21 bits per heavy atom. The fraction of sp³-hybridized carbons (Fsp3) is 0.500. The molecule has 1 atom stereocenters. The van der Waals surface area contributed by atoms with Crippen molar-refractivity contribution in [2.24, 2.45) is 5.92 Å². The van der Waals surface area contributed by atoms with Crippen molar-refractivity contribution in [2.75, 3.05) is 20.3 Å². The van der Waals surface area contributed by atoms with E-state index in [0.29, 0.717) is 25.4 Å². The monoisotopic (exact) mass is 326 g/mol. The van der Waals surface area contributed by atoms with E-state index in [4.69, 9.17) is 4.74 Å². The summed E-state index contributed by atoms with van der Waals surface area (Å²) in [7, 11) is 1.71. The topological polar surface area (TPSA) is 60.2 Å². The smallest absolute Gasteiger partial charge is 0.272 e. The van der Waals surface area contributed by atoms with E-state index in [1.54, 1.807) is 19.4 Å². The molecule has 0 N–H and O–H groups in total. The summed E-state index contributed by atoms with van der Waals surface area (Å²) in [6.07, 6.45) is 6.21. The average Bonchev–Trinajstić information content (AvgIpc) is 3.34. The second kappa shape index (κ2) is 6.36. The van der Waals surface area contributed by atoms with Crippen molar-refractivity contribution in [2.45, 2.75) is 31.8 Å². The maximum atomic E-state index is 12.7. The fourth-order valence-corrected chi connectivity index (χ4v) is 3.49. The molecule has 2 aromatic heterocycles. The first-order valence-corrected chi connectivity index (χ1v) is 8.49. The number of methoxy groups -OCH3 is 1. The number of pyridine rings is 1. The third-order valence-corrected chi connectivity index (χ3v) is 4.82. The van der Waals surface area contributed by atoms with Crippen molar-refractivity contribution < 1.29 is 9.53 Å². The number of nitrogens with zero attached hydrogens (tertiary/aromatic N) is 4. The van der Waals surface area contributed by atoms with E-state index in [2.05, 4.69) is 14.5 Å². The van der Waals surface area contributed by atoms with Crippen LogP contribution in [0.15, 0.2) is 30.7 Å². The fourth-order valence-electron chi connectivity index (χ4n) is 3.49. The standard InChI is InChI=1S/C18H22N4O2/c1-24-11-14-9-21(18(23)15-4-2-3-7-19-15)10-16-17(14)22(12-20-16)8-13-5-6-13/h2-4,7,12-14H,5-6,8-11H2,1H3/t14-/m1/s1. The van der Waals surface area contributed by atoms with Gasteiger partial charge in [-0.05, 0) is 30.9 Å². The van der Waals surface area contributed by atoms with Gasteiger partial charge in [-0.15, -0.1) is 0 Å². The third kappa shape index (κ3) is 2.94. The van der Waals surface area contributed by atoms with Crippen LogP contribution < -0.4 is 0 Å². The predicted molar refractivity (Wildman–Crippen MR) is 88.5 cm³/mol. The van der Waals surface area contributed by atoms with Crippen LogP contribution in [0.1, 0.15) is 40.6 Å². The van der Waals surface area contributed by atoms with Gasteiger partial charge in [-0.25, -0.2) is 4.98 Å². The minimum atomic E-state index is -0.0425. The Kier molecular flexibility index (Phi) is 4.06. The highest BCUT2D eigenvalue weighted by molar-refractivity contribution is 5.92. The molecule has 0 unspecified atom stereocenters. The van der Waals surface area contributed by atoms with Crippen LogP contribution in [0.25, 0.3) is 0 Å². The maximum Gasteiger partial charge on any atom is 0.272 e. The van der Waals surface area contributed by atoms with E-state index in [1.807, 2.05) is 23.4 Å². The van der Waals surface area contributed by atoms with Crippen molar-refractivity contribution in [3.63, 3.8) is 0 Å². The molecule has 1 saturated carbocycles. The largest absolute Gasteiger partial charge is 0.384 e. The zero-order chi connectivity index (χ0) is 16.5. The first-order chi connectivity index (χ1) is 11.8. The highest BCUT2D eigenvalue weighted by Gasteiger charge is 2.34. The summed E-state index contributed by atoms with van der Waals surface area (Å²) in [5.74, 6) is 0.909. The molecule has 126 valence electrons. The van der Waals surface area contributed by atoms with Crippen LogP contribution in [0.3, 0.4) is 0 Å². The second-order valence-electron chi connectivity index (χ2n) is 6.73. The van der Waals surface area contributed by atoms with Crippen LogP contribution in [-0.2, 0) is 17.8 Å². The molecule has 4 rings (SSSR count). The number of hydrogen-bond acceptors (Lipinski definition) is 4. The van der Waals surface area contributed by atoms with Crippen LogP contribution in [0.5, 0.6) is 0 Å². The molecule has 0 saturated heterocycles. The van der Waals surface area contributed by atoms with Gasteiger partial charge in [0.25, 0.3) is 5.91 Å². The van der Waals surface area contributed by atoms with Crippen LogP contribution in [-0.4, -0.2) is 45.6 Å². The Morgan fingerprint density at radius 3 is 2.92 bits per heavy atom. The van der Waals surface area contributed by atoms with Crippen molar-refractivity contribution in [1.29, 1.82) is 0 Å². The zero-order valence-electron chi connectivity index (χ0n) is 13.9. The van der Waals surface area contributed by atoms with E-state index in [1.165, 1.54) is 18.5 Å².